The molecule has 1 unspecified atom stereocenters. The van der Waals surface area contributed by atoms with Crippen molar-refractivity contribution in [2.24, 2.45) is 0 Å². The van der Waals surface area contributed by atoms with Gasteiger partial charge in [0.15, 0.2) is 0 Å². The number of nitrogens with zero attached hydrogens (tertiary/aromatic N) is 5. The second-order valence-electron chi connectivity index (χ2n) is 12.8. The summed E-state index contributed by atoms with van der Waals surface area (Å²) in [5, 5.41) is 4.16. The highest BCUT2D eigenvalue weighted by atomic mass is 32.1. The lowest BCUT2D eigenvalue weighted by molar-refractivity contribution is 0.0641. The Morgan fingerprint density at radius 1 is 0.889 bits per heavy atom. The summed E-state index contributed by atoms with van der Waals surface area (Å²) in [7, 11) is -1.22. The second kappa shape index (κ2) is 13.2. The van der Waals surface area contributed by atoms with E-state index in [9.17, 15) is 9.59 Å². The van der Waals surface area contributed by atoms with Crippen LogP contribution in [0.3, 0.4) is 0 Å². The van der Waals surface area contributed by atoms with Crippen LogP contribution in [0.5, 0.6) is 0 Å². The third kappa shape index (κ3) is 6.84. The van der Waals surface area contributed by atoms with Gasteiger partial charge in [-0.15, -0.1) is 0 Å². The first-order valence-corrected chi connectivity index (χ1v) is 20.0. The van der Waals surface area contributed by atoms with Crippen LogP contribution in [0, 0.1) is 0 Å². The highest BCUT2D eigenvalue weighted by Crippen LogP contribution is 2.30. The Kier molecular flexibility index (Phi) is 9.09. The fourth-order valence-electron chi connectivity index (χ4n) is 5.65. The van der Waals surface area contributed by atoms with E-state index >= 15 is 0 Å². The summed E-state index contributed by atoms with van der Waals surface area (Å²) in [5.41, 5.74) is 5.93. The van der Waals surface area contributed by atoms with Crippen molar-refractivity contribution in [3.05, 3.63) is 117 Å². The van der Waals surface area contributed by atoms with E-state index in [2.05, 4.69) is 52.5 Å². The maximum atomic E-state index is 13.2. The number of hydrogen-bond donors (Lipinski definition) is 0. The van der Waals surface area contributed by atoms with Crippen molar-refractivity contribution in [2.45, 2.75) is 65.0 Å². The summed E-state index contributed by atoms with van der Waals surface area (Å²) in [4.78, 5) is 39.8. The number of carbonyl (C=O) groups excluding carboxylic acids is 2. The molecule has 1 aliphatic rings. The first kappa shape index (κ1) is 31.0. The smallest absolute Gasteiger partial charge is 0.261 e. The number of carbonyl (C=O) groups is 2. The van der Waals surface area contributed by atoms with Crippen LogP contribution in [0.4, 0.5) is 0 Å². The van der Waals surface area contributed by atoms with Gasteiger partial charge in [0.25, 0.3) is 11.8 Å². The lowest BCUT2D eigenvalue weighted by atomic mass is 10.1. The zero-order chi connectivity index (χ0) is 31.6. The Labute approximate surface area is 269 Å². The third-order valence-corrected chi connectivity index (χ3v) is 10.9. The number of rotatable bonds is 13. The summed E-state index contributed by atoms with van der Waals surface area (Å²) in [6, 6.07) is 22.3. The van der Waals surface area contributed by atoms with Crippen LogP contribution in [-0.4, -0.2) is 50.8 Å². The number of benzene rings is 2. The molecule has 0 aliphatic carbocycles. The van der Waals surface area contributed by atoms with E-state index in [1.165, 1.54) is 4.90 Å². The summed E-state index contributed by atoms with van der Waals surface area (Å²) in [6.45, 7) is 11.8. The summed E-state index contributed by atoms with van der Waals surface area (Å²) < 4.78 is 8.42. The highest BCUT2D eigenvalue weighted by molar-refractivity contribution is 7.08. The number of pyridine rings is 1. The Bertz CT molecular complexity index is 1780. The molecule has 232 valence electrons. The molecule has 0 fully saturated rings. The molecular weight excluding hydrogens is 599 g/mol. The Balaban J connectivity index is 1.28. The molecule has 6 rings (SSSR count). The van der Waals surface area contributed by atoms with Crippen LogP contribution in [0.15, 0.2) is 83.7 Å². The number of fused-ring (bicyclic) bond motifs is 2. The molecule has 5 aromatic rings. The van der Waals surface area contributed by atoms with Gasteiger partial charge < -0.3 is 9.30 Å². The Morgan fingerprint density at radius 2 is 1.58 bits per heavy atom. The van der Waals surface area contributed by atoms with Crippen LogP contribution in [0.1, 0.15) is 56.3 Å². The number of imidazole rings is 1. The van der Waals surface area contributed by atoms with E-state index in [0.29, 0.717) is 30.9 Å². The molecule has 10 heteroatoms. The molecule has 2 aromatic carbocycles. The fourth-order valence-corrected chi connectivity index (χ4v) is 7.25. The summed E-state index contributed by atoms with van der Waals surface area (Å²) in [6.07, 6.45) is 1.82. The minimum absolute atomic E-state index is 0.0284. The fraction of sp³-hybridized carbons (Fsp3) is 0.314. The molecule has 0 bridgehead atoms. The molecule has 1 aliphatic heterocycles. The Morgan fingerprint density at radius 3 is 2.29 bits per heavy atom. The van der Waals surface area contributed by atoms with Gasteiger partial charge in [-0.2, -0.15) is 11.3 Å². The predicted molar refractivity (Wildman–Crippen MR) is 181 cm³/mol. The molecular formula is C35H39N5O3SSi. The SMILES string of the molecule is CC(c1ccccn1)N(Cc1cscc1CN1C(=O)c2ccccc2C1=O)Cc1nc2ccccc2n1COCC[Si](C)(C)C. The monoisotopic (exact) mass is 637 g/mol. The summed E-state index contributed by atoms with van der Waals surface area (Å²) in [5.74, 6) is 0.438. The second-order valence-corrected chi connectivity index (χ2v) is 19.2. The lowest BCUT2D eigenvalue weighted by Gasteiger charge is -2.29. The number of thiophene rings is 1. The van der Waals surface area contributed by atoms with Crippen molar-refractivity contribution in [1.29, 1.82) is 0 Å². The van der Waals surface area contributed by atoms with Gasteiger partial charge in [0, 0.05) is 27.4 Å². The van der Waals surface area contributed by atoms with Gasteiger partial charge in [-0.1, -0.05) is 50.0 Å². The van der Waals surface area contributed by atoms with Gasteiger partial charge in [-0.3, -0.25) is 24.4 Å². The molecule has 0 saturated carbocycles. The number of aromatic nitrogens is 3. The van der Waals surface area contributed by atoms with E-state index in [1.807, 2.05) is 48.0 Å². The van der Waals surface area contributed by atoms with Crippen LogP contribution in [-0.2, 0) is 31.1 Å². The van der Waals surface area contributed by atoms with Crippen LogP contribution >= 0.6 is 11.3 Å². The minimum Gasteiger partial charge on any atom is -0.361 e. The van der Waals surface area contributed by atoms with E-state index in [1.54, 1.807) is 35.6 Å². The largest absolute Gasteiger partial charge is 0.361 e. The van der Waals surface area contributed by atoms with Gasteiger partial charge in [0.1, 0.15) is 12.6 Å². The number of ether oxygens (including phenoxy) is 1. The van der Waals surface area contributed by atoms with E-state index in [0.717, 1.165) is 46.3 Å². The standard InChI is InChI=1S/C35H39N5O3SSi/c1-25(30-13-9-10-16-36-30)38(21-33-37-31-14-7-8-15-32(31)40(33)24-43-17-18-45(2,3)4)19-26-22-44-23-27(26)20-39-34(41)28-11-5-6-12-29(28)35(39)42/h5-16,22-23,25H,17-21,24H2,1-4H3. The van der Waals surface area contributed by atoms with Crippen LogP contribution in [0.2, 0.25) is 25.7 Å². The predicted octanol–water partition coefficient (Wildman–Crippen LogP) is 7.36. The van der Waals surface area contributed by atoms with Crippen molar-refractivity contribution in [3.63, 3.8) is 0 Å². The average molecular weight is 638 g/mol. The van der Waals surface area contributed by atoms with Gasteiger partial charge in [-0.05, 0) is 71.3 Å². The molecule has 4 heterocycles. The molecule has 3 aromatic heterocycles. The number of amides is 2. The quantitative estimate of drug-likeness (QED) is 0.0762. The maximum absolute atomic E-state index is 13.2. The minimum atomic E-state index is -1.22. The first-order valence-electron chi connectivity index (χ1n) is 15.4. The highest BCUT2D eigenvalue weighted by Gasteiger charge is 2.35. The van der Waals surface area contributed by atoms with Gasteiger partial charge in [0.05, 0.1) is 47.0 Å². The van der Waals surface area contributed by atoms with E-state index < -0.39 is 8.07 Å². The molecule has 2 amide bonds. The topological polar surface area (TPSA) is 80.6 Å². The van der Waals surface area contributed by atoms with Crippen molar-refractivity contribution in [1.82, 2.24) is 24.3 Å². The number of hydrogen-bond acceptors (Lipinski definition) is 7. The van der Waals surface area contributed by atoms with E-state index in [-0.39, 0.29) is 24.4 Å². The molecule has 0 saturated heterocycles. The number of imide groups is 1. The summed E-state index contributed by atoms with van der Waals surface area (Å²) >= 11 is 1.59. The lowest BCUT2D eigenvalue weighted by Crippen LogP contribution is -2.31. The van der Waals surface area contributed by atoms with Crippen molar-refractivity contribution in [3.8, 4) is 0 Å². The van der Waals surface area contributed by atoms with Gasteiger partial charge in [-0.25, -0.2) is 4.98 Å². The normalized spacial score (nSPS) is 14.1. The zero-order valence-corrected chi connectivity index (χ0v) is 28.1. The van der Waals surface area contributed by atoms with Gasteiger partial charge in [0.2, 0.25) is 0 Å². The Hall–Kier alpha value is -3.96. The van der Waals surface area contributed by atoms with Crippen LogP contribution < -0.4 is 0 Å². The molecule has 0 radical (unpaired) electrons. The molecule has 0 N–H and O–H groups in total. The molecule has 0 spiro atoms. The van der Waals surface area contributed by atoms with Crippen LogP contribution in [0.25, 0.3) is 11.0 Å². The molecule has 45 heavy (non-hydrogen) atoms. The first-order chi connectivity index (χ1) is 21.7. The van der Waals surface area contributed by atoms with Crippen molar-refractivity contribution >= 4 is 42.3 Å². The molecule has 1 atom stereocenters. The average Bonchev–Trinajstić information content (AvgIpc) is 3.70. The van der Waals surface area contributed by atoms with Gasteiger partial charge >= 0.3 is 0 Å². The van der Waals surface area contributed by atoms with Crippen molar-refractivity contribution < 1.29 is 14.3 Å². The maximum Gasteiger partial charge on any atom is 0.261 e. The zero-order valence-electron chi connectivity index (χ0n) is 26.3. The van der Waals surface area contributed by atoms with Crippen molar-refractivity contribution in [2.75, 3.05) is 6.61 Å². The van der Waals surface area contributed by atoms with E-state index in [4.69, 9.17) is 9.72 Å². The third-order valence-electron chi connectivity index (χ3n) is 8.37. The number of para-hydroxylation sites is 2. The molecule has 8 nitrogen and oxygen atoms in total.